The third kappa shape index (κ3) is 2.27. The van der Waals surface area contributed by atoms with Crippen molar-refractivity contribution in [1.29, 1.82) is 0 Å². The minimum atomic E-state index is 0.659. The number of piperidine rings is 1. The van der Waals surface area contributed by atoms with E-state index in [1.165, 1.54) is 25.9 Å². The van der Waals surface area contributed by atoms with Crippen LogP contribution >= 0.6 is 0 Å². The van der Waals surface area contributed by atoms with Crippen molar-refractivity contribution in [1.82, 2.24) is 9.80 Å². The molecule has 0 radical (unpaired) electrons. The first-order valence-electron chi connectivity index (χ1n) is 5.74. The number of rotatable bonds is 1. The van der Waals surface area contributed by atoms with Crippen LogP contribution in [-0.2, 0) is 4.74 Å². The topological polar surface area (TPSA) is 15.7 Å². The zero-order valence-electron chi connectivity index (χ0n) is 9.41. The van der Waals surface area contributed by atoms with Gasteiger partial charge >= 0.3 is 0 Å². The first-order valence-corrected chi connectivity index (χ1v) is 5.74. The predicted molar refractivity (Wildman–Crippen MR) is 57.5 cm³/mol. The van der Waals surface area contributed by atoms with Crippen molar-refractivity contribution in [3.63, 3.8) is 0 Å². The Morgan fingerprint density at radius 3 is 2.79 bits per heavy atom. The number of hydrogen-bond acceptors (Lipinski definition) is 3. The van der Waals surface area contributed by atoms with Gasteiger partial charge in [0.1, 0.15) is 0 Å². The van der Waals surface area contributed by atoms with Crippen molar-refractivity contribution in [2.24, 2.45) is 5.92 Å². The Kier molecular flexibility index (Phi) is 3.42. The Bertz CT molecular complexity index is 186. The molecule has 2 saturated heterocycles. The second-order valence-electron chi connectivity index (χ2n) is 4.79. The predicted octanol–water partition coefficient (Wildman–Crippen LogP) is 0.659. The van der Waals surface area contributed by atoms with Gasteiger partial charge < -0.3 is 9.64 Å². The fraction of sp³-hybridized carbons (Fsp3) is 1.00. The lowest BCUT2D eigenvalue weighted by Crippen LogP contribution is -2.51. The van der Waals surface area contributed by atoms with E-state index in [9.17, 15) is 0 Å². The minimum Gasteiger partial charge on any atom is -0.378 e. The quantitative estimate of drug-likeness (QED) is 0.615. The fourth-order valence-corrected chi connectivity index (χ4v) is 2.72. The number of nitrogens with zero attached hydrogens (tertiary/aromatic N) is 2. The summed E-state index contributed by atoms with van der Waals surface area (Å²) in [6, 6.07) is 0.659. The molecule has 3 nitrogen and oxygen atoms in total. The highest BCUT2D eigenvalue weighted by Crippen LogP contribution is 2.23. The summed E-state index contributed by atoms with van der Waals surface area (Å²) in [6.45, 7) is 5.47. The van der Waals surface area contributed by atoms with Crippen LogP contribution in [0.4, 0.5) is 0 Å². The zero-order valence-corrected chi connectivity index (χ0v) is 9.41. The van der Waals surface area contributed by atoms with E-state index in [-0.39, 0.29) is 0 Å². The summed E-state index contributed by atoms with van der Waals surface area (Å²) in [5, 5.41) is 0. The van der Waals surface area contributed by atoms with Crippen LogP contribution in [0.2, 0.25) is 0 Å². The highest BCUT2D eigenvalue weighted by atomic mass is 16.5. The molecular weight excluding hydrogens is 176 g/mol. The van der Waals surface area contributed by atoms with E-state index in [0.29, 0.717) is 6.04 Å². The molecule has 0 aromatic rings. The average Bonchev–Trinajstić information content (AvgIpc) is 2.18. The molecule has 14 heavy (non-hydrogen) atoms. The van der Waals surface area contributed by atoms with Crippen LogP contribution in [0.15, 0.2) is 0 Å². The molecule has 2 aliphatic heterocycles. The standard InChI is InChI=1S/C11H22N2O/c1-12-5-3-4-10(8-12)11-9-14-7-6-13(11)2/h10-11H,3-9H2,1-2H3. The van der Waals surface area contributed by atoms with Gasteiger partial charge in [0.05, 0.1) is 13.2 Å². The second kappa shape index (κ2) is 4.60. The van der Waals surface area contributed by atoms with Crippen molar-refractivity contribution < 1.29 is 4.74 Å². The highest BCUT2D eigenvalue weighted by Gasteiger charge is 2.30. The van der Waals surface area contributed by atoms with Crippen molar-refractivity contribution in [2.75, 3.05) is 46.9 Å². The van der Waals surface area contributed by atoms with E-state index in [0.717, 1.165) is 25.7 Å². The van der Waals surface area contributed by atoms with Crippen molar-refractivity contribution >= 4 is 0 Å². The molecule has 3 heteroatoms. The number of morpholine rings is 1. The highest BCUT2D eigenvalue weighted by molar-refractivity contribution is 4.84. The normalized spacial score (nSPS) is 37.3. The molecule has 0 aromatic heterocycles. The Hall–Kier alpha value is -0.120. The smallest absolute Gasteiger partial charge is 0.0625 e. The molecule has 0 N–H and O–H groups in total. The molecular formula is C11H22N2O. The molecule has 0 aromatic carbocycles. The van der Waals surface area contributed by atoms with Gasteiger partial charge in [0, 0.05) is 19.1 Å². The van der Waals surface area contributed by atoms with Crippen LogP contribution in [0.5, 0.6) is 0 Å². The van der Waals surface area contributed by atoms with E-state index in [1.54, 1.807) is 0 Å². The molecule has 2 aliphatic rings. The summed E-state index contributed by atoms with van der Waals surface area (Å²) in [5.74, 6) is 0.819. The first-order chi connectivity index (χ1) is 6.77. The maximum atomic E-state index is 5.58. The number of ether oxygens (including phenoxy) is 1. The van der Waals surface area contributed by atoms with E-state index in [2.05, 4.69) is 23.9 Å². The summed E-state index contributed by atoms with van der Waals surface area (Å²) >= 11 is 0. The molecule has 0 amide bonds. The van der Waals surface area contributed by atoms with Crippen LogP contribution in [0.1, 0.15) is 12.8 Å². The molecule has 2 fully saturated rings. The van der Waals surface area contributed by atoms with Crippen LogP contribution < -0.4 is 0 Å². The van der Waals surface area contributed by atoms with Gasteiger partial charge in [-0.1, -0.05) is 0 Å². The molecule has 0 aliphatic carbocycles. The van der Waals surface area contributed by atoms with Gasteiger partial charge in [0.25, 0.3) is 0 Å². The largest absolute Gasteiger partial charge is 0.378 e. The number of hydrogen-bond donors (Lipinski definition) is 0. The lowest BCUT2D eigenvalue weighted by Gasteiger charge is -2.41. The van der Waals surface area contributed by atoms with Crippen LogP contribution in [0, 0.1) is 5.92 Å². The van der Waals surface area contributed by atoms with Crippen molar-refractivity contribution in [2.45, 2.75) is 18.9 Å². The molecule has 0 spiro atoms. The van der Waals surface area contributed by atoms with Gasteiger partial charge in [-0.05, 0) is 39.4 Å². The average molecular weight is 198 g/mol. The Balaban J connectivity index is 1.91. The fourth-order valence-electron chi connectivity index (χ4n) is 2.72. The first kappa shape index (κ1) is 10.4. The Morgan fingerprint density at radius 2 is 2.07 bits per heavy atom. The van der Waals surface area contributed by atoms with E-state index in [1.807, 2.05) is 0 Å². The molecule has 0 saturated carbocycles. The van der Waals surface area contributed by atoms with Gasteiger partial charge in [-0.25, -0.2) is 0 Å². The summed E-state index contributed by atoms with van der Waals surface area (Å²) in [7, 11) is 4.47. The van der Waals surface area contributed by atoms with E-state index in [4.69, 9.17) is 4.74 Å². The summed E-state index contributed by atoms with van der Waals surface area (Å²) in [4.78, 5) is 4.93. The van der Waals surface area contributed by atoms with Gasteiger partial charge in [-0.15, -0.1) is 0 Å². The van der Waals surface area contributed by atoms with Crippen LogP contribution in [-0.4, -0.2) is 62.8 Å². The van der Waals surface area contributed by atoms with Gasteiger partial charge in [-0.3, -0.25) is 4.90 Å². The summed E-state index contributed by atoms with van der Waals surface area (Å²) in [5.41, 5.74) is 0. The maximum absolute atomic E-state index is 5.58. The molecule has 2 rings (SSSR count). The third-order valence-electron chi connectivity index (χ3n) is 3.65. The Labute approximate surface area is 87.0 Å². The van der Waals surface area contributed by atoms with Gasteiger partial charge in [0.2, 0.25) is 0 Å². The van der Waals surface area contributed by atoms with Crippen LogP contribution in [0.25, 0.3) is 0 Å². The molecule has 82 valence electrons. The lowest BCUT2D eigenvalue weighted by molar-refractivity contribution is -0.0296. The Morgan fingerprint density at radius 1 is 1.21 bits per heavy atom. The van der Waals surface area contributed by atoms with E-state index < -0.39 is 0 Å². The van der Waals surface area contributed by atoms with E-state index >= 15 is 0 Å². The van der Waals surface area contributed by atoms with Crippen LogP contribution in [0.3, 0.4) is 0 Å². The third-order valence-corrected chi connectivity index (χ3v) is 3.65. The minimum absolute atomic E-state index is 0.659. The monoisotopic (exact) mass is 198 g/mol. The number of likely N-dealkylation sites (tertiary alicyclic amines) is 1. The number of likely N-dealkylation sites (N-methyl/N-ethyl adjacent to an activating group) is 1. The molecule has 0 bridgehead atoms. The van der Waals surface area contributed by atoms with Crippen molar-refractivity contribution in [3.8, 4) is 0 Å². The van der Waals surface area contributed by atoms with Gasteiger partial charge in [0.15, 0.2) is 0 Å². The van der Waals surface area contributed by atoms with Gasteiger partial charge in [-0.2, -0.15) is 0 Å². The molecule has 2 heterocycles. The molecule has 2 atom stereocenters. The lowest BCUT2D eigenvalue weighted by atomic mass is 9.90. The maximum Gasteiger partial charge on any atom is 0.0625 e. The SMILES string of the molecule is CN1CCCC(C2COCCN2C)C1. The molecule has 2 unspecified atom stereocenters. The van der Waals surface area contributed by atoms with Crippen molar-refractivity contribution in [3.05, 3.63) is 0 Å². The summed E-state index contributed by atoms with van der Waals surface area (Å²) < 4.78 is 5.58. The summed E-state index contributed by atoms with van der Waals surface area (Å²) in [6.07, 6.45) is 2.73. The second-order valence-corrected chi connectivity index (χ2v) is 4.79. The zero-order chi connectivity index (χ0) is 9.97.